The fourth-order valence-electron chi connectivity index (χ4n) is 3.31. The van der Waals surface area contributed by atoms with E-state index in [-0.39, 0.29) is 23.9 Å². The van der Waals surface area contributed by atoms with Crippen molar-refractivity contribution in [3.8, 4) is 0 Å². The number of benzene rings is 1. The van der Waals surface area contributed by atoms with Crippen LogP contribution >= 0.6 is 0 Å². The molecule has 5 nitrogen and oxygen atoms in total. The number of anilines is 1. The summed E-state index contributed by atoms with van der Waals surface area (Å²) in [5, 5.41) is 5.75. The lowest BCUT2D eigenvalue weighted by atomic mass is 9.84. The van der Waals surface area contributed by atoms with Gasteiger partial charge in [-0.05, 0) is 43.4 Å². The number of rotatable bonds is 7. The minimum Gasteiger partial charge on any atom is -0.369 e. The van der Waals surface area contributed by atoms with Gasteiger partial charge in [0.05, 0.1) is 5.92 Å². The quantitative estimate of drug-likeness (QED) is 0.667. The van der Waals surface area contributed by atoms with Crippen molar-refractivity contribution in [1.29, 1.82) is 0 Å². The largest absolute Gasteiger partial charge is 0.369 e. The summed E-state index contributed by atoms with van der Waals surface area (Å²) in [7, 11) is 0. The van der Waals surface area contributed by atoms with E-state index in [0.29, 0.717) is 0 Å². The van der Waals surface area contributed by atoms with Crippen LogP contribution in [0, 0.1) is 5.92 Å². The third-order valence-corrected chi connectivity index (χ3v) is 4.73. The van der Waals surface area contributed by atoms with Gasteiger partial charge in [0, 0.05) is 11.7 Å². The normalized spacial score (nSPS) is 20.4. The number of aryl methyl sites for hydroxylation is 1. The van der Waals surface area contributed by atoms with E-state index in [1.807, 2.05) is 12.1 Å². The Morgan fingerprint density at radius 2 is 1.83 bits per heavy atom. The molecule has 2 rings (SSSR count). The maximum absolute atomic E-state index is 12.2. The number of nitrogens with one attached hydrogen (secondary N) is 2. The molecule has 1 aliphatic rings. The summed E-state index contributed by atoms with van der Waals surface area (Å²) in [6.07, 6.45) is 8.29. The lowest BCUT2D eigenvalue weighted by Gasteiger charge is -2.29. The van der Waals surface area contributed by atoms with Crippen LogP contribution in [0.2, 0.25) is 0 Å². The third-order valence-electron chi connectivity index (χ3n) is 4.73. The third kappa shape index (κ3) is 5.55. The van der Waals surface area contributed by atoms with Crippen molar-refractivity contribution in [3.63, 3.8) is 0 Å². The second-order valence-corrected chi connectivity index (χ2v) is 6.65. The Hall–Kier alpha value is -2.04. The second-order valence-electron chi connectivity index (χ2n) is 6.65. The molecule has 3 amide bonds. The summed E-state index contributed by atoms with van der Waals surface area (Å²) in [5.74, 6) is -0.582. The molecule has 1 aliphatic carbocycles. The monoisotopic (exact) mass is 331 g/mol. The maximum Gasteiger partial charge on any atom is 0.319 e. The summed E-state index contributed by atoms with van der Waals surface area (Å²) in [4.78, 5) is 23.7. The van der Waals surface area contributed by atoms with Crippen molar-refractivity contribution in [3.05, 3.63) is 29.8 Å². The van der Waals surface area contributed by atoms with Crippen LogP contribution in [0.3, 0.4) is 0 Å². The molecule has 0 spiro atoms. The Morgan fingerprint density at radius 3 is 2.50 bits per heavy atom. The Balaban J connectivity index is 1.84. The highest BCUT2D eigenvalue weighted by Crippen LogP contribution is 2.24. The maximum atomic E-state index is 12.2. The molecule has 5 heteroatoms. The summed E-state index contributed by atoms with van der Waals surface area (Å²) in [6, 6.07) is 7.52. The standard InChI is InChI=1S/C19H29N3O2/c1-2-3-4-7-14-10-12-15(13-11-14)21-19(24)22-17-9-6-5-8-16(17)18(20)23/h10-13,16-17H,2-9H2,1H3,(H2,20,23)(H2,21,22,24)/t16-,17-/m1/s1. The first-order valence-corrected chi connectivity index (χ1v) is 9.06. The molecule has 0 saturated heterocycles. The zero-order valence-electron chi connectivity index (χ0n) is 14.5. The molecule has 0 heterocycles. The van der Waals surface area contributed by atoms with Crippen molar-refractivity contribution in [2.75, 3.05) is 5.32 Å². The number of unbranched alkanes of at least 4 members (excludes halogenated alkanes) is 2. The number of nitrogens with two attached hydrogens (primary N) is 1. The van der Waals surface area contributed by atoms with Crippen molar-refractivity contribution in [2.45, 2.75) is 64.3 Å². The Bertz CT molecular complexity index is 542. The van der Waals surface area contributed by atoms with Gasteiger partial charge < -0.3 is 16.4 Å². The van der Waals surface area contributed by atoms with Crippen molar-refractivity contribution in [2.24, 2.45) is 11.7 Å². The van der Waals surface area contributed by atoms with Gasteiger partial charge in [-0.15, -0.1) is 0 Å². The molecule has 132 valence electrons. The van der Waals surface area contributed by atoms with Gasteiger partial charge in [0.15, 0.2) is 0 Å². The summed E-state index contributed by atoms with van der Waals surface area (Å²) in [5.41, 5.74) is 7.49. The zero-order valence-corrected chi connectivity index (χ0v) is 14.5. The van der Waals surface area contributed by atoms with Crippen LogP contribution in [-0.4, -0.2) is 18.0 Å². The number of urea groups is 1. The SMILES string of the molecule is CCCCCc1ccc(NC(=O)N[C@@H]2CCCC[C@H]2C(N)=O)cc1. The van der Waals surface area contributed by atoms with Crippen LogP contribution in [-0.2, 0) is 11.2 Å². The molecule has 0 radical (unpaired) electrons. The van der Waals surface area contributed by atoms with Gasteiger partial charge >= 0.3 is 6.03 Å². The van der Waals surface area contributed by atoms with Crippen LogP contribution in [0.25, 0.3) is 0 Å². The average molecular weight is 331 g/mol. The zero-order chi connectivity index (χ0) is 17.4. The first-order chi connectivity index (χ1) is 11.6. The van der Waals surface area contributed by atoms with Crippen molar-refractivity contribution < 1.29 is 9.59 Å². The minimum absolute atomic E-state index is 0.162. The molecule has 24 heavy (non-hydrogen) atoms. The molecule has 1 fully saturated rings. The minimum atomic E-state index is -0.323. The van der Waals surface area contributed by atoms with E-state index in [0.717, 1.165) is 37.8 Å². The first kappa shape index (κ1) is 18.3. The van der Waals surface area contributed by atoms with Crippen LogP contribution < -0.4 is 16.4 Å². The summed E-state index contributed by atoms with van der Waals surface area (Å²) < 4.78 is 0. The predicted octanol–water partition coefficient (Wildman–Crippen LogP) is 3.58. The van der Waals surface area contributed by atoms with Crippen LogP contribution in [0.5, 0.6) is 0 Å². The van der Waals surface area contributed by atoms with E-state index in [1.165, 1.54) is 24.8 Å². The Labute approximate surface area is 144 Å². The van der Waals surface area contributed by atoms with E-state index in [1.54, 1.807) is 0 Å². The van der Waals surface area contributed by atoms with Crippen LogP contribution in [0.1, 0.15) is 57.4 Å². The van der Waals surface area contributed by atoms with E-state index in [4.69, 9.17) is 5.73 Å². The Kier molecular flexibility index (Phi) is 7.09. The number of carbonyl (C=O) groups excluding carboxylic acids is 2. The smallest absolute Gasteiger partial charge is 0.319 e. The van der Waals surface area contributed by atoms with E-state index in [2.05, 4.69) is 29.7 Å². The molecular formula is C19H29N3O2. The fraction of sp³-hybridized carbons (Fsp3) is 0.579. The van der Waals surface area contributed by atoms with Crippen LogP contribution in [0.15, 0.2) is 24.3 Å². The van der Waals surface area contributed by atoms with Gasteiger partial charge in [-0.1, -0.05) is 44.7 Å². The van der Waals surface area contributed by atoms with Gasteiger partial charge in [0.2, 0.25) is 5.91 Å². The molecule has 1 aromatic carbocycles. The molecule has 0 aliphatic heterocycles. The van der Waals surface area contributed by atoms with Gasteiger partial charge in [-0.25, -0.2) is 4.79 Å². The molecule has 1 saturated carbocycles. The fourth-order valence-corrected chi connectivity index (χ4v) is 3.31. The van der Waals surface area contributed by atoms with Crippen molar-refractivity contribution in [1.82, 2.24) is 5.32 Å². The van der Waals surface area contributed by atoms with Gasteiger partial charge in [-0.2, -0.15) is 0 Å². The molecule has 0 unspecified atom stereocenters. The highest BCUT2D eigenvalue weighted by Gasteiger charge is 2.30. The molecule has 1 aromatic rings. The predicted molar refractivity (Wildman–Crippen MR) is 96.8 cm³/mol. The average Bonchev–Trinajstić information content (AvgIpc) is 2.57. The summed E-state index contributed by atoms with van der Waals surface area (Å²) in [6.45, 7) is 2.20. The highest BCUT2D eigenvalue weighted by molar-refractivity contribution is 5.90. The Morgan fingerprint density at radius 1 is 1.12 bits per heavy atom. The topological polar surface area (TPSA) is 84.2 Å². The van der Waals surface area contributed by atoms with E-state index in [9.17, 15) is 9.59 Å². The lowest BCUT2D eigenvalue weighted by Crippen LogP contribution is -2.48. The lowest BCUT2D eigenvalue weighted by molar-refractivity contribution is -0.123. The summed E-state index contributed by atoms with van der Waals surface area (Å²) >= 11 is 0. The van der Waals surface area contributed by atoms with Gasteiger partial charge in [0.1, 0.15) is 0 Å². The van der Waals surface area contributed by atoms with E-state index < -0.39 is 0 Å². The molecular weight excluding hydrogens is 302 g/mol. The number of amides is 3. The van der Waals surface area contributed by atoms with Gasteiger partial charge in [-0.3, -0.25) is 4.79 Å². The number of hydrogen-bond donors (Lipinski definition) is 3. The highest BCUT2D eigenvalue weighted by atomic mass is 16.2. The van der Waals surface area contributed by atoms with Crippen LogP contribution in [0.4, 0.5) is 10.5 Å². The number of primary amides is 1. The van der Waals surface area contributed by atoms with Gasteiger partial charge in [0.25, 0.3) is 0 Å². The molecule has 2 atom stereocenters. The number of carbonyl (C=O) groups is 2. The molecule has 0 bridgehead atoms. The molecule has 4 N–H and O–H groups in total. The second kappa shape index (κ2) is 9.30. The first-order valence-electron chi connectivity index (χ1n) is 9.06. The molecule has 0 aromatic heterocycles. The number of hydrogen-bond acceptors (Lipinski definition) is 2. The van der Waals surface area contributed by atoms with E-state index >= 15 is 0 Å². The van der Waals surface area contributed by atoms with Crippen molar-refractivity contribution >= 4 is 17.6 Å².